The van der Waals surface area contributed by atoms with Gasteiger partial charge in [-0.2, -0.15) is 0 Å². The van der Waals surface area contributed by atoms with Gasteiger partial charge in [-0.05, 0) is 42.7 Å². The number of pyridine rings is 1. The van der Waals surface area contributed by atoms with Gasteiger partial charge in [0.2, 0.25) is 0 Å². The van der Waals surface area contributed by atoms with E-state index >= 15 is 0 Å². The number of aliphatic hydroxyl groups excluding tert-OH is 1. The molecule has 0 bridgehead atoms. The molecule has 5 rings (SSSR count). The lowest BCUT2D eigenvalue weighted by molar-refractivity contribution is 0.0915. The van der Waals surface area contributed by atoms with E-state index in [-0.39, 0.29) is 30.3 Å². The number of rotatable bonds is 6. The molecule has 5 nitrogen and oxygen atoms in total. The van der Waals surface area contributed by atoms with Crippen molar-refractivity contribution >= 4 is 11.4 Å². The summed E-state index contributed by atoms with van der Waals surface area (Å²) in [4.78, 5) is 17.8. The number of hydrogen-bond acceptors (Lipinski definition) is 4. The van der Waals surface area contributed by atoms with E-state index in [0.717, 1.165) is 17.2 Å². The number of ether oxygens (including phenoxy) is 1. The summed E-state index contributed by atoms with van der Waals surface area (Å²) in [5, 5.41) is 10.6. The summed E-state index contributed by atoms with van der Waals surface area (Å²) >= 11 is 0. The van der Waals surface area contributed by atoms with E-state index < -0.39 is 17.7 Å². The summed E-state index contributed by atoms with van der Waals surface area (Å²) in [6.45, 7) is 1.57. The molecule has 1 aliphatic carbocycles. The molecule has 0 saturated heterocycles. The van der Waals surface area contributed by atoms with Crippen molar-refractivity contribution in [1.29, 1.82) is 0 Å². The summed E-state index contributed by atoms with van der Waals surface area (Å²) < 4.78 is 34.9. The molecule has 0 spiro atoms. The number of benzene rings is 2. The minimum atomic E-state index is -0.949. The normalized spacial score (nSPS) is 17.3. The highest BCUT2D eigenvalue weighted by atomic mass is 19.2. The van der Waals surface area contributed by atoms with Crippen molar-refractivity contribution in [2.24, 2.45) is 0 Å². The Morgan fingerprint density at radius 3 is 2.82 bits per heavy atom. The van der Waals surface area contributed by atoms with Crippen molar-refractivity contribution in [3.8, 4) is 5.75 Å². The van der Waals surface area contributed by atoms with Crippen molar-refractivity contribution in [2.45, 2.75) is 38.4 Å². The number of carbonyl (C=O) groups excluding carboxylic acids is 1. The van der Waals surface area contributed by atoms with Gasteiger partial charge in [-0.3, -0.25) is 9.20 Å². The molecule has 33 heavy (non-hydrogen) atoms. The molecule has 2 aromatic heterocycles. The Bertz CT molecular complexity index is 1370. The Balaban J connectivity index is 1.42. The second-order valence-corrected chi connectivity index (χ2v) is 8.32. The number of aliphatic hydroxyl groups is 1. The maximum Gasteiger partial charge on any atom is 0.182 e. The molecule has 2 atom stereocenters. The second kappa shape index (κ2) is 8.41. The Morgan fingerprint density at radius 1 is 1.15 bits per heavy atom. The molecule has 0 amide bonds. The minimum absolute atomic E-state index is 0.0884. The van der Waals surface area contributed by atoms with Crippen molar-refractivity contribution in [3.63, 3.8) is 0 Å². The van der Waals surface area contributed by atoms with Crippen LogP contribution < -0.4 is 4.74 Å². The number of fused-ring (bicyclic) bond motifs is 2. The molecule has 168 valence electrons. The zero-order chi connectivity index (χ0) is 23.1. The van der Waals surface area contributed by atoms with Gasteiger partial charge in [0.15, 0.2) is 28.8 Å². The van der Waals surface area contributed by atoms with Gasteiger partial charge in [0.1, 0.15) is 12.3 Å². The summed E-state index contributed by atoms with van der Waals surface area (Å²) in [5.41, 5.74) is 3.54. The maximum atomic E-state index is 14.0. The van der Waals surface area contributed by atoms with Gasteiger partial charge in [-0.15, -0.1) is 0 Å². The predicted molar refractivity (Wildman–Crippen MR) is 118 cm³/mol. The third-order valence-corrected chi connectivity index (χ3v) is 6.22. The van der Waals surface area contributed by atoms with Gasteiger partial charge in [-0.1, -0.05) is 36.4 Å². The molecule has 7 heteroatoms. The van der Waals surface area contributed by atoms with Gasteiger partial charge in [0.05, 0.1) is 11.8 Å². The first kappa shape index (κ1) is 21.3. The standard InChI is InChI=1S/C26H22F2N2O3/c1-15-25(22(32)13-19-18-8-3-2-6-16(18)12-21(19)31)30-11-5-10-23(26(30)29-15)33-14-17-7-4-9-20(27)24(17)28/h2-11,19,21,31H,12-14H2,1H3/t19-,21-/m1/s1. The fourth-order valence-electron chi connectivity index (χ4n) is 4.62. The molecular formula is C26H22F2N2O3. The first-order valence-corrected chi connectivity index (χ1v) is 10.8. The SMILES string of the molecule is Cc1nc2c(OCc3cccc(F)c3F)cccn2c1C(=O)C[C@@H]1c2ccccc2C[C@H]1O. The van der Waals surface area contributed by atoms with Gasteiger partial charge < -0.3 is 9.84 Å². The average molecular weight is 448 g/mol. The Morgan fingerprint density at radius 2 is 1.97 bits per heavy atom. The monoisotopic (exact) mass is 448 g/mol. The fraction of sp³-hybridized carbons (Fsp3) is 0.231. The molecule has 0 unspecified atom stereocenters. The van der Waals surface area contributed by atoms with Crippen molar-refractivity contribution < 1.29 is 23.4 Å². The first-order chi connectivity index (χ1) is 15.9. The van der Waals surface area contributed by atoms with Crippen LogP contribution in [-0.2, 0) is 13.0 Å². The van der Waals surface area contributed by atoms with E-state index in [1.165, 1.54) is 12.1 Å². The highest BCUT2D eigenvalue weighted by molar-refractivity contribution is 5.97. The fourth-order valence-corrected chi connectivity index (χ4v) is 4.62. The Hall–Kier alpha value is -3.58. The number of aryl methyl sites for hydroxylation is 1. The van der Waals surface area contributed by atoms with E-state index in [0.29, 0.717) is 29.2 Å². The Kier molecular flexibility index (Phi) is 5.42. The van der Waals surface area contributed by atoms with E-state index in [1.54, 1.807) is 29.7 Å². The van der Waals surface area contributed by atoms with E-state index in [2.05, 4.69) is 4.98 Å². The number of halogens is 2. The average Bonchev–Trinajstić information content (AvgIpc) is 3.30. The van der Waals surface area contributed by atoms with E-state index in [4.69, 9.17) is 4.74 Å². The molecule has 2 heterocycles. The molecule has 4 aromatic rings. The molecular weight excluding hydrogens is 426 g/mol. The number of carbonyl (C=O) groups is 1. The van der Waals surface area contributed by atoms with Crippen molar-refractivity contribution in [3.05, 3.63) is 101 Å². The van der Waals surface area contributed by atoms with Gasteiger partial charge in [-0.25, -0.2) is 13.8 Å². The lowest BCUT2D eigenvalue weighted by Gasteiger charge is -2.15. The Labute approximate surface area is 189 Å². The zero-order valence-electron chi connectivity index (χ0n) is 18.0. The third-order valence-electron chi connectivity index (χ3n) is 6.22. The molecule has 0 aliphatic heterocycles. The van der Waals surface area contributed by atoms with Crippen LogP contribution in [0.25, 0.3) is 5.65 Å². The summed E-state index contributed by atoms with van der Waals surface area (Å²) in [6.07, 6.45) is 1.81. The van der Waals surface area contributed by atoms with Crippen LogP contribution in [0, 0.1) is 18.6 Å². The minimum Gasteiger partial charge on any atom is -0.485 e. The molecule has 0 saturated carbocycles. The number of aromatic nitrogens is 2. The topological polar surface area (TPSA) is 63.8 Å². The van der Waals surface area contributed by atoms with Crippen molar-refractivity contribution in [1.82, 2.24) is 9.38 Å². The first-order valence-electron chi connectivity index (χ1n) is 10.8. The molecule has 1 aliphatic rings. The van der Waals surface area contributed by atoms with Crippen LogP contribution in [0.4, 0.5) is 8.78 Å². The van der Waals surface area contributed by atoms with Gasteiger partial charge in [0, 0.05) is 24.1 Å². The van der Waals surface area contributed by atoms with Crippen LogP contribution in [0.3, 0.4) is 0 Å². The van der Waals surface area contributed by atoms with E-state index in [1.807, 2.05) is 24.3 Å². The quantitative estimate of drug-likeness (QED) is 0.432. The number of ketones is 1. The zero-order valence-corrected chi connectivity index (χ0v) is 18.0. The molecule has 2 aromatic carbocycles. The maximum absolute atomic E-state index is 14.0. The summed E-state index contributed by atoms with van der Waals surface area (Å²) in [6, 6.07) is 15.1. The van der Waals surface area contributed by atoms with Crippen LogP contribution in [-0.4, -0.2) is 26.4 Å². The summed E-state index contributed by atoms with van der Waals surface area (Å²) in [7, 11) is 0. The number of Topliss-reactive ketones (excluding diaryl/α,β-unsaturated/α-hetero) is 1. The number of imidazole rings is 1. The molecule has 0 radical (unpaired) electrons. The largest absolute Gasteiger partial charge is 0.485 e. The summed E-state index contributed by atoms with van der Waals surface area (Å²) in [5.74, 6) is -1.93. The van der Waals surface area contributed by atoms with Crippen molar-refractivity contribution in [2.75, 3.05) is 0 Å². The molecule has 0 fully saturated rings. The smallest absolute Gasteiger partial charge is 0.182 e. The highest BCUT2D eigenvalue weighted by Gasteiger charge is 2.33. The van der Waals surface area contributed by atoms with Crippen LogP contribution in [0.5, 0.6) is 5.75 Å². The van der Waals surface area contributed by atoms with Crippen LogP contribution in [0.1, 0.15) is 45.2 Å². The predicted octanol–water partition coefficient (Wildman–Crippen LogP) is 4.77. The number of hydrogen-bond donors (Lipinski definition) is 1. The lowest BCUT2D eigenvalue weighted by Crippen LogP contribution is -2.18. The van der Waals surface area contributed by atoms with Crippen LogP contribution >= 0.6 is 0 Å². The van der Waals surface area contributed by atoms with Crippen LogP contribution in [0.2, 0.25) is 0 Å². The lowest BCUT2D eigenvalue weighted by atomic mass is 9.93. The third kappa shape index (κ3) is 3.78. The second-order valence-electron chi connectivity index (χ2n) is 8.32. The van der Waals surface area contributed by atoms with Crippen LogP contribution in [0.15, 0.2) is 60.8 Å². The molecule has 1 N–H and O–H groups in total. The van der Waals surface area contributed by atoms with Gasteiger partial charge in [0.25, 0.3) is 0 Å². The highest BCUT2D eigenvalue weighted by Crippen LogP contribution is 2.37. The van der Waals surface area contributed by atoms with Gasteiger partial charge >= 0.3 is 0 Å². The number of nitrogens with zero attached hydrogens (tertiary/aromatic N) is 2. The van der Waals surface area contributed by atoms with E-state index in [9.17, 15) is 18.7 Å².